The van der Waals surface area contributed by atoms with Gasteiger partial charge in [0.15, 0.2) is 0 Å². The van der Waals surface area contributed by atoms with E-state index in [1.165, 1.54) is 30.9 Å². The van der Waals surface area contributed by atoms with Crippen LogP contribution in [0.4, 0.5) is 0 Å². The number of fused-ring (bicyclic) bond motifs is 1. The van der Waals surface area contributed by atoms with Gasteiger partial charge in [0.05, 0.1) is 5.51 Å². The standard InChI is InChI=1S/C10H15N3S/c1-2-13(6-9-4-12-7-14-9)10-5-11-3-8(1)10/h4,7-8,10-11H,1-3,5-6H2/t8-,10+/m0/s1. The molecule has 2 atom stereocenters. The quantitative estimate of drug-likeness (QED) is 0.785. The van der Waals surface area contributed by atoms with Crippen LogP contribution in [0.5, 0.6) is 0 Å². The molecule has 1 aromatic rings. The number of rotatable bonds is 2. The van der Waals surface area contributed by atoms with Crippen LogP contribution in [0.3, 0.4) is 0 Å². The highest BCUT2D eigenvalue weighted by atomic mass is 32.1. The highest BCUT2D eigenvalue weighted by Gasteiger charge is 2.37. The van der Waals surface area contributed by atoms with E-state index in [2.05, 4.69) is 15.2 Å². The Balaban J connectivity index is 1.68. The topological polar surface area (TPSA) is 28.2 Å². The fourth-order valence-electron chi connectivity index (χ4n) is 2.66. The molecule has 3 rings (SSSR count). The SMILES string of the molecule is c1ncc(CN2CC[C@H]3CNC[C@H]32)s1. The zero-order valence-electron chi connectivity index (χ0n) is 8.15. The number of thiazole rings is 1. The van der Waals surface area contributed by atoms with Crippen molar-refractivity contribution in [1.29, 1.82) is 0 Å². The zero-order valence-corrected chi connectivity index (χ0v) is 8.96. The predicted molar refractivity (Wildman–Crippen MR) is 57.3 cm³/mol. The second kappa shape index (κ2) is 3.61. The molecule has 3 heterocycles. The molecule has 1 aromatic heterocycles. The summed E-state index contributed by atoms with van der Waals surface area (Å²) in [6.45, 7) is 4.79. The molecule has 4 heteroatoms. The van der Waals surface area contributed by atoms with Gasteiger partial charge in [-0.25, -0.2) is 0 Å². The predicted octanol–water partition coefficient (Wildman–Crippen LogP) is 0.937. The van der Waals surface area contributed by atoms with E-state index in [0.29, 0.717) is 0 Å². The van der Waals surface area contributed by atoms with Gasteiger partial charge in [0.25, 0.3) is 0 Å². The molecule has 0 unspecified atom stereocenters. The third-order valence-electron chi connectivity index (χ3n) is 3.40. The molecular weight excluding hydrogens is 194 g/mol. The van der Waals surface area contributed by atoms with Crippen LogP contribution < -0.4 is 5.32 Å². The molecule has 2 aliphatic heterocycles. The Kier molecular flexibility index (Phi) is 2.27. The lowest BCUT2D eigenvalue weighted by molar-refractivity contribution is 0.246. The Morgan fingerprint density at radius 2 is 2.57 bits per heavy atom. The van der Waals surface area contributed by atoms with Crippen LogP contribution in [0, 0.1) is 5.92 Å². The Hall–Kier alpha value is -0.450. The molecule has 2 aliphatic rings. The highest BCUT2D eigenvalue weighted by Crippen LogP contribution is 2.28. The third-order valence-corrected chi connectivity index (χ3v) is 4.17. The first-order chi connectivity index (χ1) is 6.93. The zero-order chi connectivity index (χ0) is 9.38. The summed E-state index contributed by atoms with van der Waals surface area (Å²) in [6.07, 6.45) is 3.37. The summed E-state index contributed by atoms with van der Waals surface area (Å²) in [6, 6.07) is 0.789. The van der Waals surface area contributed by atoms with Crippen molar-refractivity contribution in [3.63, 3.8) is 0 Å². The van der Waals surface area contributed by atoms with Crippen molar-refractivity contribution in [2.45, 2.75) is 19.0 Å². The van der Waals surface area contributed by atoms with Gasteiger partial charge in [0.2, 0.25) is 0 Å². The minimum Gasteiger partial charge on any atom is -0.315 e. The van der Waals surface area contributed by atoms with Gasteiger partial charge in [0, 0.05) is 30.2 Å². The number of hydrogen-bond donors (Lipinski definition) is 1. The largest absolute Gasteiger partial charge is 0.315 e. The first-order valence-electron chi connectivity index (χ1n) is 5.25. The van der Waals surface area contributed by atoms with E-state index in [1.807, 2.05) is 11.7 Å². The van der Waals surface area contributed by atoms with Crippen molar-refractivity contribution < 1.29 is 0 Å². The maximum absolute atomic E-state index is 4.13. The van der Waals surface area contributed by atoms with Crippen LogP contribution in [0.1, 0.15) is 11.3 Å². The molecule has 0 spiro atoms. The Morgan fingerprint density at radius 1 is 1.57 bits per heavy atom. The van der Waals surface area contributed by atoms with Crippen molar-refractivity contribution in [3.05, 3.63) is 16.6 Å². The molecule has 0 aromatic carbocycles. The molecule has 0 bridgehead atoms. The van der Waals surface area contributed by atoms with E-state index in [9.17, 15) is 0 Å². The Bertz CT molecular complexity index is 298. The van der Waals surface area contributed by atoms with E-state index in [-0.39, 0.29) is 0 Å². The fraction of sp³-hybridized carbons (Fsp3) is 0.700. The Labute approximate surface area is 88.1 Å². The van der Waals surface area contributed by atoms with Crippen LogP contribution >= 0.6 is 11.3 Å². The molecule has 0 amide bonds. The summed E-state index contributed by atoms with van der Waals surface area (Å²) in [5, 5.41) is 3.48. The first-order valence-corrected chi connectivity index (χ1v) is 6.13. The molecule has 0 aliphatic carbocycles. The van der Waals surface area contributed by atoms with E-state index in [1.54, 1.807) is 11.3 Å². The maximum atomic E-state index is 4.13. The van der Waals surface area contributed by atoms with Crippen LogP contribution in [0.15, 0.2) is 11.7 Å². The lowest BCUT2D eigenvalue weighted by Crippen LogP contribution is -2.33. The van der Waals surface area contributed by atoms with Crippen molar-refractivity contribution in [3.8, 4) is 0 Å². The number of aromatic nitrogens is 1. The summed E-state index contributed by atoms with van der Waals surface area (Å²) >= 11 is 1.77. The average molecular weight is 209 g/mol. The van der Waals surface area contributed by atoms with E-state index < -0.39 is 0 Å². The molecule has 2 saturated heterocycles. The summed E-state index contributed by atoms with van der Waals surface area (Å²) in [5.74, 6) is 0.905. The lowest BCUT2D eigenvalue weighted by Gasteiger charge is -2.21. The van der Waals surface area contributed by atoms with Gasteiger partial charge in [-0.3, -0.25) is 9.88 Å². The normalized spacial score (nSPS) is 32.3. The van der Waals surface area contributed by atoms with Gasteiger partial charge in [-0.05, 0) is 25.4 Å². The summed E-state index contributed by atoms with van der Waals surface area (Å²) < 4.78 is 0. The van der Waals surface area contributed by atoms with E-state index >= 15 is 0 Å². The minimum absolute atomic E-state index is 0.789. The fourth-order valence-corrected chi connectivity index (χ4v) is 3.27. The van der Waals surface area contributed by atoms with Crippen LogP contribution in [-0.2, 0) is 6.54 Å². The van der Waals surface area contributed by atoms with Crippen LogP contribution in [-0.4, -0.2) is 35.6 Å². The average Bonchev–Trinajstić information content (AvgIpc) is 2.85. The second-order valence-corrected chi connectivity index (χ2v) is 5.18. The van der Waals surface area contributed by atoms with Crippen molar-refractivity contribution in [2.24, 2.45) is 5.92 Å². The van der Waals surface area contributed by atoms with Gasteiger partial charge >= 0.3 is 0 Å². The Morgan fingerprint density at radius 3 is 3.43 bits per heavy atom. The van der Waals surface area contributed by atoms with Crippen LogP contribution in [0.2, 0.25) is 0 Å². The number of nitrogens with one attached hydrogen (secondary N) is 1. The highest BCUT2D eigenvalue weighted by molar-refractivity contribution is 7.09. The molecule has 76 valence electrons. The van der Waals surface area contributed by atoms with Crippen molar-refractivity contribution in [1.82, 2.24) is 15.2 Å². The number of likely N-dealkylation sites (tertiary alicyclic amines) is 1. The monoisotopic (exact) mass is 209 g/mol. The summed E-state index contributed by atoms with van der Waals surface area (Å²) in [5.41, 5.74) is 1.93. The van der Waals surface area contributed by atoms with Crippen LogP contribution in [0.25, 0.3) is 0 Å². The van der Waals surface area contributed by atoms with E-state index in [0.717, 1.165) is 18.5 Å². The first kappa shape index (κ1) is 8.83. The summed E-state index contributed by atoms with van der Waals surface area (Å²) in [4.78, 5) is 8.14. The van der Waals surface area contributed by atoms with Gasteiger partial charge < -0.3 is 5.32 Å². The molecule has 0 saturated carbocycles. The van der Waals surface area contributed by atoms with Gasteiger partial charge in [0.1, 0.15) is 0 Å². The molecule has 2 fully saturated rings. The smallest absolute Gasteiger partial charge is 0.0794 e. The second-order valence-electron chi connectivity index (χ2n) is 4.21. The minimum atomic E-state index is 0.789. The molecule has 0 radical (unpaired) electrons. The van der Waals surface area contributed by atoms with Crippen molar-refractivity contribution >= 4 is 11.3 Å². The number of hydrogen-bond acceptors (Lipinski definition) is 4. The molecule has 1 N–H and O–H groups in total. The van der Waals surface area contributed by atoms with Gasteiger partial charge in [-0.2, -0.15) is 0 Å². The van der Waals surface area contributed by atoms with Gasteiger partial charge in [-0.15, -0.1) is 11.3 Å². The van der Waals surface area contributed by atoms with Gasteiger partial charge in [-0.1, -0.05) is 0 Å². The molecule has 3 nitrogen and oxygen atoms in total. The third kappa shape index (κ3) is 1.47. The van der Waals surface area contributed by atoms with E-state index in [4.69, 9.17) is 0 Å². The number of nitrogens with zero attached hydrogens (tertiary/aromatic N) is 2. The molecular formula is C10H15N3S. The lowest BCUT2D eigenvalue weighted by atomic mass is 10.1. The maximum Gasteiger partial charge on any atom is 0.0794 e. The van der Waals surface area contributed by atoms with Crippen molar-refractivity contribution in [2.75, 3.05) is 19.6 Å². The molecule has 14 heavy (non-hydrogen) atoms. The summed E-state index contributed by atoms with van der Waals surface area (Å²) in [7, 11) is 0.